The van der Waals surface area contributed by atoms with Gasteiger partial charge in [-0.15, -0.1) is 0 Å². The van der Waals surface area contributed by atoms with Crippen LogP contribution in [0.2, 0.25) is 0 Å². The van der Waals surface area contributed by atoms with Crippen LogP contribution in [-0.4, -0.2) is 80.8 Å². The number of aliphatic carboxylic acids is 2. The molecule has 5 atom stereocenters. The largest absolute Gasteiger partial charge is 0.479 e. The summed E-state index contributed by atoms with van der Waals surface area (Å²) >= 11 is 0. The number of carbonyl (C=O) groups excluding carboxylic acids is 3. The Morgan fingerprint density at radius 3 is 1.45 bits per heavy atom. The van der Waals surface area contributed by atoms with Crippen LogP contribution in [0.3, 0.4) is 0 Å². The molecule has 2 fully saturated rings. The van der Waals surface area contributed by atoms with Crippen LogP contribution < -0.4 is 5.32 Å². The van der Waals surface area contributed by atoms with Crippen LogP contribution in [0.4, 0.5) is 0 Å². The summed E-state index contributed by atoms with van der Waals surface area (Å²) in [7, 11) is 1.45. The zero-order valence-electron chi connectivity index (χ0n) is 22.8. The van der Waals surface area contributed by atoms with Crippen molar-refractivity contribution in [1.29, 1.82) is 0 Å². The summed E-state index contributed by atoms with van der Waals surface area (Å²) in [6, 6.07) is 10.3. The Bertz CT molecular complexity index is 1250. The van der Waals surface area contributed by atoms with Crippen LogP contribution in [-0.2, 0) is 19.1 Å². The van der Waals surface area contributed by atoms with Crippen LogP contribution in [0.5, 0.6) is 0 Å². The minimum atomic E-state index is -3.96. The number of carbonyl (C=O) groups is 5. The normalized spacial score (nSPS) is 23.2. The molecule has 1 saturated heterocycles. The lowest BCUT2D eigenvalue weighted by Gasteiger charge is -2.34. The highest BCUT2D eigenvalue weighted by Crippen LogP contribution is 2.62. The Morgan fingerprint density at radius 1 is 0.800 bits per heavy atom. The van der Waals surface area contributed by atoms with Crippen molar-refractivity contribution in [3.8, 4) is 0 Å². The minimum absolute atomic E-state index is 0.0463. The fraction of sp³-hybridized carbons (Fsp3) is 0.414. The second-order valence-electron chi connectivity index (χ2n) is 10.8. The molecule has 0 bridgehead atoms. The van der Waals surface area contributed by atoms with Gasteiger partial charge in [0, 0.05) is 11.1 Å². The van der Waals surface area contributed by atoms with E-state index in [1.165, 1.54) is 31.4 Å². The SMILES string of the molecule is COC(=O)[C@H]1NC[C@H]2[C@@H]1C2(C)C.Cc1ccc(C(=O)[C@@](O)(C(=O)O)[C@](O)(C(=O)O)C(=O)c2ccc(C)cc2)cc1. The molecule has 4 rings (SSSR count). The van der Waals surface area contributed by atoms with E-state index in [-0.39, 0.29) is 23.1 Å². The van der Waals surface area contributed by atoms with Crippen molar-refractivity contribution in [2.45, 2.75) is 44.9 Å². The van der Waals surface area contributed by atoms with Crippen molar-refractivity contribution in [2.24, 2.45) is 17.3 Å². The van der Waals surface area contributed by atoms with Gasteiger partial charge in [0.1, 0.15) is 6.04 Å². The van der Waals surface area contributed by atoms with Crippen molar-refractivity contribution in [3.05, 3.63) is 70.8 Å². The average Bonchev–Trinajstić information content (AvgIpc) is 3.23. The number of hydrogen-bond acceptors (Lipinski definition) is 9. The molecule has 2 aliphatic rings. The molecule has 1 saturated carbocycles. The number of ether oxygens (including phenoxy) is 1. The second-order valence-corrected chi connectivity index (χ2v) is 10.8. The van der Waals surface area contributed by atoms with Crippen LogP contribution in [0.15, 0.2) is 48.5 Å². The number of ketones is 2. The van der Waals surface area contributed by atoms with Gasteiger partial charge in [0.15, 0.2) is 0 Å². The Morgan fingerprint density at radius 2 is 1.18 bits per heavy atom. The molecule has 1 aliphatic heterocycles. The first-order chi connectivity index (χ1) is 18.5. The third-order valence-electron chi connectivity index (χ3n) is 7.94. The molecule has 0 radical (unpaired) electrons. The number of aryl methyl sites for hydroxylation is 2. The molecule has 40 heavy (non-hydrogen) atoms. The minimum Gasteiger partial charge on any atom is -0.479 e. The summed E-state index contributed by atoms with van der Waals surface area (Å²) in [6.45, 7) is 8.79. The molecule has 11 nitrogen and oxygen atoms in total. The van der Waals surface area contributed by atoms with Gasteiger partial charge >= 0.3 is 17.9 Å². The highest BCUT2D eigenvalue weighted by Gasteiger charge is 2.70. The van der Waals surface area contributed by atoms with E-state index in [0.29, 0.717) is 28.4 Å². The smallest absolute Gasteiger partial charge is 0.348 e. The number of rotatable bonds is 8. The van der Waals surface area contributed by atoms with Crippen LogP contribution >= 0.6 is 0 Å². The van der Waals surface area contributed by atoms with Gasteiger partial charge in [0.25, 0.3) is 11.2 Å². The van der Waals surface area contributed by atoms with E-state index in [1.54, 1.807) is 13.8 Å². The predicted molar refractivity (Wildman–Crippen MR) is 141 cm³/mol. The van der Waals surface area contributed by atoms with E-state index < -0.39 is 34.7 Å². The summed E-state index contributed by atoms with van der Waals surface area (Å²) in [6.07, 6.45) is 0. The lowest BCUT2D eigenvalue weighted by Crippen LogP contribution is -2.71. The molecular weight excluding hydrogens is 522 g/mol. The molecule has 0 unspecified atom stereocenters. The van der Waals surface area contributed by atoms with Crippen LogP contribution in [0, 0.1) is 31.1 Å². The summed E-state index contributed by atoms with van der Waals surface area (Å²) < 4.78 is 4.72. The van der Waals surface area contributed by atoms with Crippen molar-refractivity contribution >= 4 is 29.5 Å². The quantitative estimate of drug-likeness (QED) is 0.180. The number of fused-ring (bicyclic) bond motifs is 1. The summed E-state index contributed by atoms with van der Waals surface area (Å²) in [4.78, 5) is 60.4. The molecule has 5 N–H and O–H groups in total. The first-order valence-electron chi connectivity index (χ1n) is 12.5. The van der Waals surface area contributed by atoms with Crippen molar-refractivity contribution < 1.29 is 49.1 Å². The molecule has 1 aliphatic carbocycles. The number of piperidine rings is 1. The van der Waals surface area contributed by atoms with Crippen LogP contribution in [0.25, 0.3) is 0 Å². The molecule has 214 valence electrons. The Kier molecular flexibility index (Phi) is 8.35. The van der Waals surface area contributed by atoms with Gasteiger partial charge in [-0.25, -0.2) is 9.59 Å². The third kappa shape index (κ3) is 5.03. The van der Waals surface area contributed by atoms with Crippen molar-refractivity contribution in [1.82, 2.24) is 5.32 Å². The Hall–Kier alpha value is -3.93. The highest BCUT2D eigenvalue weighted by molar-refractivity contribution is 6.28. The molecule has 0 aromatic heterocycles. The monoisotopic (exact) mass is 555 g/mol. The molecule has 1 heterocycles. The number of carboxylic acids is 2. The third-order valence-corrected chi connectivity index (χ3v) is 7.94. The summed E-state index contributed by atoms with van der Waals surface area (Å²) in [5.74, 6) is -6.93. The van der Waals surface area contributed by atoms with E-state index in [0.717, 1.165) is 30.8 Å². The average molecular weight is 556 g/mol. The number of aliphatic hydroxyl groups is 2. The second kappa shape index (κ2) is 10.9. The van der Waals surface area contributed by atoms with Gasteiger partial charge in [0.05, 0.1) is 7.11 Å². The maximum atomic E-state index is 12.8. The zero-order valence-corrected chi connectivity index (χ0v) is 22.8. The molecular formula is C29H33NO10. The standard InChI is InChI=1S/C20H18O8.C9H15NO2/c1-11-3-7-13(8-4-11)15(21)19(27,17(23)24)20(28,18(25)26)16(22)14-9-5-12(2)6-10-14;1-9(2)5-4-10-7(6(5)9)8(11)12-3/h3-10,27-28H,1-2H3,(H,23,24)(H,25,26);5-7,10H,4H2,1-3H3/t19-,20-;5-,6-,7-/m10/s1. The van der Waals surface area contributed by atoms with E-state index in [2.05, 4.69) is 19.2 Å². The number of methoxy groups -OCH3 is 1. The molecule has 0 amide bonds. The topological polar surface area (TPSA) is 188 Å². The number of nitrogens with one attached hydrogen (secondary N) is 1. The molecule has 2 aromatic carbocycles. The summed E-state index contributed by atoms with van der Waals surface area (Å²) in [5.41, 5.74) is -6.92. The predicted octanol–water partition coefficient (Wildman–Crippen LogP) is 1.40. The molecule has 11 heteroatoms. The van der Waals surface area contributed by atoms with Crippen molar-refractivity contribution in [3.63, 3.8) is 0 Å². The maximum absolute atomic E-state index is 12.8. The number of benzene rings is 2. The Balaban J connectivity index is 0.000000302. The maximum Gasteiger partial charge on any atom is 0.348 e. The number of hydrogen-bond donors (Lipinski definition) is 5. The van der Waals surface area contributed by atoms with E-state index in [9.17, 15) is 44.4 Å². The van der Waals surface area contributed by atoms with Gasteiger partial charge in [-0.05, 0) is 37.6 Å². The summed E-state index contributed by atoms with van der Waals surface area (Å²) in [5, 5.41) is 43.5. The van der Waals surface area contributed by atoms with Crippen molar-refractivity contribution in [2.75, 3.05) is 13.7 Å². The lowest BCUT2D eigenvalue weighted by molar-refractivity contribution is -0.187. The Labute approximate surface area is 230 Å². The number of esters is 1. The van der Waals surface area contributed by atoms with E-state index >= 15 is 0 Å². The fourth-order valence-corrected chi connectivity index (χ4v) is 5.24. The molecule has 2 aromatic rings. The fourth-order valence-electron chi connectivity index (χ4n) is 5.24. The van der Waals surface area contributed by atoms with Gasteiger partial charge in [0.2, 0.25) is 11.6 Å². The van der Waals surface area contributed by atoms with Crippen LogP contribution in [0.1, 0.15) is 45.7 Å². The van der Waals surface area contributed by atoms with E-state index in [1.807, 2.05) is 0 Å². The number of carboxylic acid groups (broad SMARTS) is 2. The highest BCUT2D eigenvalue weighted by atomic mass is 16.5. The van der Waals surface area contributed by atoms with Gasteiger partial charge in [-0.2, -0.15) is 0 Å². The first kappa shape index (κ1) is 30.6. The van der Waals surface area contributed by atoms with Gasteiger partial charge in [-0.3, -0.25) is 14.4 Å². The van der Waals surface area contributed by atoms with E-state index in [4.69, 9.17) is 4.74 Å². The number of Topliss-reactive ketones (excluding diaryl/α,β-unsaturated/α-hetero) is 2. The molecule has 0 spiro atoms. The van der Waals surface area contributed by atoms with Gasteiger partial charge < -0.3 is 30.5 Å². The first-order valence-corrected chi connectivity index (χ1v) is 12.5. The van der Waals surface area contributed by atoms with Gasteiger partial charge in [-0.1, -0.05) is 73.5 Å². The zero-order chi connectivity index (χ0) is 30.2. The lowest BCUT2D eigenvalue weighted by atomic mass is 9.73.